The molecule has 3 nitrogen and oxygen atoms in total. The first-order valence-corrected chi connectivity index (χ1v) is 7.26. The van der Waals surface area contributed by atoms with Gasteiger partial charge in [0.15, 0.2) is 4.34 Å². The highest BCUT2D eigenvalue weighted by molar-refractivity contribution is 8.01. The van der Waals surface area contributed by atoms with Crippen molar-refractivity contribution in [1.29, 1.82) is 0 Å². The summed E-state index contributed by atoms with van der Waals surface area (Å²) >= 11 is 8.99. The van der Waals surface area contributed by atoms with Gasteiger partial charge in [0, 0.05) is 11.8 Å². The molecule has 3 aromatic rings. The molecule has 2 heterocycles. The fraction of sp³-hybridized carbons (Fsp3) is 0.0833. The molecule has 90 valence electrons. The van der Waals surface area contributed by atoms with E-state index in [0.717, 1.165) is 20.4 Å². The van der Waals surface area contributed by atoms with Gasteiger partial charge in [0.2, 0.25) is 5.28 Å². The third kappa shape index (κ3) is 2.34. The maximum Gasteiger partial charge on any atom is 0.223 e. The molecule has 0 amide bonds. The molecule has 0 bridgehead atoms. The molecule has 0 saturated heterocycles. The molecule has 0 spiro atoms. The van der Waals surface area contributed by atoms with Crippen molar-refractivity contribution in [3.05, 3.63) is 41.3 Å². The average Bonchev–Trinajstić information content (AvgIpc) is 2.76. The second-order valence-electron chi connectivity index (χ2n) is 3.68. The van der Waals surface area contributed by atoms with E-state index in [4.69, 9.17) is 11.6 Å². The number of aromatic nitrogens is 3. The summed E-state index contributed by atoms with van der Waals surface area (Å²) in [4.78, 5) is 12.7. The van der Waals surface area contributed by atoms with Crippen molar-refractivity contribution >= 4 is 44.9 Å². The summed E-state index contributed by atoms with van der Waals surface area (Å²) < 4.78 is 2.15. The highest BCUT2D eigenvalue weighted by atomic mass is 35.5. The number of thiazole rings is 1. The third-order valence-corrected chi connectivity index (χ3v) is 4.74. The smallest absolute Gasteiger partial charge is 0.223 e. The zero-order valence-electron chi connectivity index (χ0n) is 9.42. The van der Waals surface area contributed by atoms with Crippen LogP contribution < -0.4 is 0 Å². The number of nitrogens with zero attached hydrogens (tertiary/aromatic N) is 3. The number of hydrogen-bond donors (Lipinski definition) is 0. The first-order valence-electron chi connectivity index (χ1n) is 5.25. The van der Waals surface area contributed by atoms with Crippen LogP contribution in [0.15, 0.2) is 39.8 Å². The lowest BCUT2D eigenvalue weighted by molar-refractivity contribution is 1.00. The highest BCUT2D eigenvalue weighted by Gasteiger charge is 2.09. The maximum atomic E-state index is 5.81. The summed E-state index contributed by atoms with van der Waals surface area (Å²) in [6.45, 7) is 1.96. The summed E-state index contributed by atoms with van der Waals surface area (Å²) in [6.07, 6.45) is 1.73. The average molecular weight is 294 g/mol. The number of para-hydroxylation sites is 1. The third-order valence-electron chi connectivity index (χ3n) is 2.35. The predicted molar refractivity (Wildman–Crippen MR) is 75.5 cm³/mol. The van der Waals surface area contributed by atoms with Gasteiger partial charge in [-0.25, -0.2) is 15.0 Å². The second kappa shape index (κ2) is 4.84. The number of aryl methyl sites for hydroxylation is 1. The predicted octanol–water partition coefficient (Wildman–Crippen LogP) is 4.20. The fourth-order valence-corrected chi connectivity index (χ4v) is 3.70. The Balaban J connectivity index is 1.98. The van der Waals surface area contributed by atoms with Crippen molar-refractivity contribution in [2.45, 2.75) is 16.3 Å². The van der Waals surface area contributed by atoms with E-state index in [0.29, 0.717) is 0 Å². The van der Waals surface area contributed by atoms with E-state index in [1.54, 1.807) is 17.5 Å². The van der Waals surface area contributed by atoms with Crippen LogP contribution in [0.2, 0.25) is 5.28 Å². The summed E-state index contributed by atoms with van der Waals surface area (Å²) in [5.74, 6) is 0. The zero-order chi connectivity index (χ0) is 12.5. The number of halogens is 1. The summed E-state index contributed by atoms with van der Waals surface area (Å²) in [5.41, 5.74) is 2.02. The largest absolute Gasteiger partial charge is 0.229 e. The van der Waals surface area contributed by atoms with E-state index < -0.39 is 0 Å². The van der Waals surface area contributed by atoms with E-state index in [1.165, 1.54) is 16.5 Å². The van der Waals surface area contributed by atoms with E-state index in [1.807, 2.05) is 25.1 Å². The summed E-state index contributed by atoms with van der Waals surface area (Å²) in [5, 5.41) is 1.12. The molecule has 0 fully saturated rings. The lowest BCUT2D eigenvalue weighted by Crippen LogP contribution is -1.88. The van der Waals surface area contributed by atoms with Gasteiger partial charge in [-0.3, -0.25) is 0 Å². The maximum absolute atomic E-state index is 5.81. The van der Waals surface area contributed by atoms with Gasteiger partial charge in [-0.05, 0) is 42.4 Å². The molecule has 0 N–H and O–H groups in total. The van der Waals surface area contributed by atoms with Crippen LogP contribution in [0, 0.1) is 6.92 Å². The van der Waals surface area contributed by atoms with E-state index in [9.17, 15) is 0 Å². The molecule has 0 aliphatic rings. The van der Waals surface area contributed by atoms with Crippen LogP contribution in [0.25, 0.3) is 10.2 Å². The Hall–Kier alpha value is -1.17. The van der Waals surface area contributed by atoms with E-state index in [-0.39, 0.29) is 5.28 Å². The molecule has 3 rings (SSSR count). The fourth-order valence-electron chi connectivity index (χ4n) is 1.49. The monoisotopic (exact) mass is 293 g/mol. The minimum atomic E-state index is 0.268. The van der Waals surface area contributed by atoms with Crippen LogP contribution in [-0.4, -0.2) is 15.0 Å². The zero-order valence-corrected chi connectivity index (χ0v) is 11.8. The summed E-state index contributed by atoms with van der Waals surface area (Å²) in [7, 11) is 0. The van der Waals surface area contributed by atoms with Crippen molar-refractivity contribution < 1.29 is 0 Å². The molecular weight excluding hydrogens is 286 g/mol. The van der Waals surface area contributed by atoms with Gasteiger partial charge in [-0.2, -0.15) is 0 Å². The molecule has 0 radical (unpaired) electrons. The second-order valence-corrected chi connectivity index (χ2v) is 6.28. The number of fused-ring (bicyclic) bond motifs is 1. The van der Waals surface area contributed by atoms with Gasteiger partial charge in [-0.1, -0.05) is 12.1 Å². The van der Waals surface area contributed by atoms with Crippen LogP contribution in [0.1, 0.15) is 5.56 Å². The first-order chi connectivity index (χ1) is 8.72. The molecule has 1 aromatic carbocycles. The van der Waals surface area contributed by atoms with Gasteiger partial charge in [0.05, 0.1) is 10.2 Å². The Bertz CT molecular complexity index is 678. The lowest BCUT2D eigenvalue weighted by Gasteiger charge is -2.00. The molecule has 0 aliphatic carbocycles. The number of hydrogen-bond acceptors (Lipinski definition) is 5. The topological polar surface area (TPSA) is 38.7 Å². The quantitative estimate of drug-likeness (QED) is 0.524. The van der Waals surface area contributed by atoms with Crippen LogP contribution >= 0.6 is 34.7 Å². The Morgan fingerprint density at radius 3 is 2.89 bits per heavy atom. The van der Waals surface area contributed by atoms with Crippen LogP contribution in [0.4, 0.5) is 0 Å². The SMILES string of the molecule is Cc1cnc(Cl)nc1Sc1nc2ccccc2s1. The lowest BCUT2D eigenvalue weighted by atomic mass is 10.3. The Kier molecular flexibility index (Phi) is 3.20. The van der Waals surface area contributed by atoms with Crippen LogP contribution in [-0.2, 0) is 0 Å². The minimum absolute atomic E-state index is 0.268. The first kappa shape index (κ1) is 11.9. The molecule has 6 heteroatoms. The van der Waals surface area contributed by atoms with Gasteiger partial charge < -0.3 is 0 Å². The van der Waals surface area contributed by atoms with Crippen molar-refractivity contribution in [3.8, 4) is 0 Å². The van der Waals surface area contributed by atoms with Gasteiger partial charge in [-0.15, -0.1) is 11.3 Å². The standard InChI is InChI=1S/C12H8ClN3S2/c1-7-6-14-11(13)16-10(7)18-12-15-8-4-2-3-5-9(8)17-12/h2-6H,1H3. The number of benzene rings is 1. The van der Waals surface area contributed by atoms with Gasteiger partial charge in [0.1, 0.15) is 5.03 Å². The highest BCUT2D eigenvalue weighted by Crippen LogP contribution is 2.34. The van der Waals surface area contributed by atoms with Crippen LogP contribution in [0.3, 0.4) is 0 Å². The van der Waals surface area contributed by atoms with Gasteiger partial charge >= 0.3 is 0 Å². The minimum Gasteiger partial charge on any atom is -0.229 e. The molecule has 0 saturated carbocycles. The molecular formula is C12H8ClN3S2. The van der Waals surface area contributed by atoms with Crippen molar-refractivity contribution in [2.75, 3.05) is 0 Å². The Morgan fingerprint density at radius 1 is 1.22 bits per heavy atom. The Morgan fingerprint density at radius 2 is 2.06 bits per heavy atom. The van der Waals surface area contributed by atoms with E-state index >= 15 is 0 Å². The normalized spacial score (nSPS) is 11.0. The number of rotatable bonds is 2. The molecule has 0 aliphatic heterocycles. The van der Waals surface area contributed by atoms with Crippen molar-refractivity contribution in [1.82, 2.24) is 15.0 Å². The van der Waals surface area contributed by atoms with Crippen molar-refractivity contribution in [2.24, 2.45) is 0 Å². The van der Waals surface area contributed by atoms with Gasteiger partial charge in [0.25, 0.3) is 0 Å². The molecule has 0 unspecified atom stereocenters. The Labute approximate surface area is 117 Å². The molecule has 0 atom stereocenters. The molecule has 18 heavy (non-hydrogen) atoms. The van der Waals surface area contributed by atoms with Crippen LogP contribution in [0.5, 0.6) is 0 Å². The van der Waals surface area contributed by atoms with Crippen molar-refractivity contribution in [3.63, 3.8) is 0 Å². The molecule has 2 aromatic heterocycles. The van der Waals surface area contributed by atoms with E-state index in [2.05, 4.69) is 21.0 Å². The summed E-state index contributed by atoms with van der Waals surface area (Å²) in [6, 6.07) is 8.08.